The first-order valence-electron chi connectivity index (χ1n) is 42.9. The number of benzene rings is 4. The molecule has 4 aromatic carbocycles. The lowest BCUT2D eigenvalue weighted by atomic mass is 9.81. The number of thioether (sulfide) groups is 3. The maximum Gasteiger partial charge on any atom is 0.350 e. The first kappa shape index (κ1) is 108. The monoisotopic (exact) mass is 1930 g/mol. The zero-order valence-corrected chi connectivity index (χ0v) is 77.2. The highest BCUT2D eigenvalue weighted by molar-refractivity contribution is 7.99. The van der Waals surface area contributed by atoms with Gasteiger partial charge in [-0.15, -0.1) is 0 Å². The fourth-order valence-corrected chi connectivity index (χ4v) is 17.2. The van der Waals surface area contributed by atoms with Gasteiger partial charge in [0.2, 0.25) is 94.5 Å². The first-order chi connectivity index (χ1) is 63.7. The second kappa shape index (κ2) is 50.9. The van der Waals surface area contributed by atoms with Gasteiger partial charge in [-0.25, -0.2) is 14.4 Å². The molecule has 7 rings (SSSR count). The lowest BCUT2D eigenvalue weighted by molar-refractivity contribution is -0.142. The van der Waals surface area contributed by atoms with Crippen LogP contribution in [0.25, 0.3) is 10.8 Å². The maximum absolute atomic E-state index is 15.1. The van der Waals surface area contributed by atoms with Gasteiger partial charge in [-0.3, -0.25) is 101 Å². The molecule has 2 aliphatic heterocycles. The third-order valence-electron chi connectivity index (χ3n) is 21.7. The van der Waals surface area contributed by atoms with Gasteiger partial charge in [-0.05, 0) is 78.1 Å². The van der Waals surface area contributed by atoms with E-state index >= 15 is 14.4 Å². The predicted octanol–water partition coefficient (Wildman–Crippen LogP) is -2.13. The average Bonchev–Trinajstić information content (AvgIpc) is 0.756. The zero-order valence-electron chi connectivity index (χ0n) is 74.8. The summed E-state index contributed by atoms with van der Waals surface area (Å²) in [6.45, 7) is 9.42. The molecule has 14 atom stereocenters. The number of primary amides is 2. The molecule has 728 valence electrons. The molecule has 47 heteroatoms. The molecule has 13 amide bonds. The molecule has 5 aromatic rings. The van der Waals surface area contributed by atoms with Crippen LogP contribution < -0.4 is 87.0 Å². The van der Waals surface area contributed by atoms with E-state index < -0.39 is 337 Å². The van der Waals surface area contributed by atoms with Crippen molar-refractivity contribution in [2.45, 2.75) is 205 Å². The van der Waals surface area contributed by atoms with E-state index in [4.69, 9.17) is 11.5 Å². The summed E-state index contributed by atoms with van der Waals surface area (Å²) in [6.07, 6.45) is -10.8. The van der Waals surface area contributed by atoms with Crippen molar-refractivity contribution in [2.75, 3.05) is 34.5 Å². The van der Waals surface area contributed by atoms with Crippen molar-refractivity contribution in [1.82, 2.24) is 72.2 Å². The highest BCUT2D eigenvalue weighted by atomic mass is 32.2. The molecular weight excluding hydrogens is 1830 g/mol. The van der Waals surface area contributed by atoms with Gasteiger partial charge in [0.05, 0.1) is 37.3 Å². The second-order valence-corrected chi connectivity index (χ2v) is 36.9. The summed E-state index contributed by atoms with van der Waals surface area (Å²) < 4.78 is -0.581. The Bertz CT molecular complexity index is 5520. The average molecular weight is 1940 g/mol. The summed E-state index contributed by atoms with van der Waals surface area (Å²) >= 11 is 2.21. The summed E-state index contributed by atoms with van der Waals surface area (Å²) in [5.74, 6) is -33.7. The Balaban J connectivity index is 1.37. The number of fused-ring (bicyclic) bond motifs is 8. The fraction of sp³-hybridized carbons (Fsp3) is 0.477. The minimum Gasteiger partial charge on any atom is -0.508 e. The van der Waals surface area contributed by atoms with Crippen LogP contribution in [0.2, 0.25) is 0 Å². The number of nitrogens with zero attached hydrogens (tertiary/aromatic N) is 3. The van der Waals surface area contributed by atoms with Crippen LogP contribution in [0.5, 0.6) is 5.75 Å². The third kappa shape index (κ3) is 32.6. The molecule has 0 fully saturated rings. The van der Waals surface area contributed by atoms with E-state index in [0.29, 0.717) is 33.7 Å². The SMILES string of the molecule is CC[C@@H]1NC(=O)[C@@H]2CSCCC(=O)n3c(=O)n(c(=O)n(c3=O)C(=O)CCSC[C@H](C)C(=O)N[C@H](C)C(=O)N[C@@H](CC(N)=O)C(=O)N[C@@H](CCC(=O)O)C(=O)C[C@@H](Cc3cccc4ccccc34)C(=O)N[C@H](C)C(=O)N2)C(=O)CCSC[C@@H](C(N)=O)CC(=O)[C@H](C(C)(C)C)NC(=O)[C@H](CC(=O)O)NC(=O)[C@H](Cc2ccc(O)cc2)NC(=O)[C@H](Cc2ccccc2)NC(=O)[C@H](CC(=O)O)NC1=O. The molecule has 2 aliphatic rings. The van der Waals surface area contributed by atoms with E-state index in [1.165, 1.54) is 77.9 Å². The molecular formula is C88H110N16O28S3. The van der Waals surface area contributed by atoms with Crippen molar-refractivity contribution >= 4 is 170 Å². The number of aromatic hydroxyl groups is 1. The normalized spacial score (nSPS) is 24.2. The van der Waals surface area contributed by atoms with Crippen LogP contribution in [-0.2, 0) is 106 Å². The molecule has 0 spiro atoms. The highest BCUT2D eigenvalue weighted by Crippen LogP contribution is 2.28. The summed E-state index contributed by atoms with van der Waals surface area (Å²) in [5, 5.41) is 68.3. The van der Waals surface area contributed by atoms with Gasteiger partial charge in [0.15, 0.2) is 11.6 Å². The largest absolute Gasteiger partial charge is 0.508 e. The Morgan fingerprint density at radius 1 is 0.415 bits per heavy atom. The highest BCUT2D eigenvalue weighted by Gasteiger charge is 2.42. The van der Waals surface area contributed by atoms with Crippen LogP contribution in [0.4, 0.5) is 0 Å². The number of rotatable bonds is 17. The quantitative estimate of drug-likeness (QED) is 0.0473. The number of phenols is 1. The number of hydrogen-bond donors (Lipinski definition) is 17. The van der Waals surface area contributed by atoms with E-state index in [9.17, 15) is 121 Å². The Kier molecular flexibility index (Phi) is 40.9. The van der Waals surface area contributed by atoms with Crippen molar-refractivity contribution in [3.05, 3.63) is 145 Å². The smallest absolute Gasteiger partial charge is 0.350 e. The standard InChI is InChI=1S/C88H110N16O28S3/c1-8-55-78(123)98-60(39-70(114)115)82(127)97-57(33-47-15-10-9-11-16-47)79(124)96-58(34-48-21-23-53(105)24-22-48)80(125)99-61(40-71(116)117)83(128)101-72(88(5,6)7)64(107)37-52(73(90)118)42-134-31-28-67(110)103-85(130)102-66(109)27-30-133-41-44(2)74(119)91-45(3)75(120)95-59(38-65(89)108)81(126)94-56(25-26-69(112)113)63(106)36-51(35-50-19-14-18-49-17-12-13-20-54(49)50)77(122)92-46(4)76(121)100-62(84(129)93-55)43-135-32-29-68(111)104(86(102)131)87(103)132/h9-24,44-46,51-52,55-62,72,105H,8,25-43H2,1-7H3,(H2,89,108)(H2,90,118)(H,91,119)(H,92,122)(H,93,129)(H,94,126)(H,95,120)(H,96,124)(H,97,127)(H,98,123)(H,99,125)(H,100,121)(H,101,128)(H,112,113)(H,114,115)(H,116,117)/t44-,45+,46+,51+,52-,55-,56-,57-,58-,59-,60-,61-,62-,72+/m0/s1. The van der Waals surface area contributed by atoms with Gasteiger partial charge in [0.25, 0.3) is 0 Å². The zero-order chi connectivity index (χ0) is 100.0. The van der Waals surface area contributed by atoms with E-state index in [1.54, 1.807) is 60.7 Å². The molecule has 135 heavy (non-hydrogen) atoms. The number of aliphatic carboxylic acids is 3. The van der Waals surface area contributed by atoms with Crippen LogP contribution in [0.1, 0.15) is 150 Å². The summed E-state index contributed by atoms with van der Waals surface area (Å²) in [4.78, 5) is 340. The van der Waals surface area contributed by atoms with Gasteiger partial charge in [-0.1, -0.05) is 120 Å². The van der Waals surface area contributed by atoms with Crippen molar-refractivity contribution in [1.29, 1.82) is 0 Å². The van der Waals surface area contributed by atoms with Gasteiger partial charge >= 0.3 is 35.0 Å². The van der Waals surface area contributed by atoms with Crippen LogP contribution in [0, 0.1) is 23.2 Å². The van der Waals surface area contributed by atoms with Crippen molar-refractivity contribution in [3.8, 4) is 5.75 Å². The number of carboxylic acids is 3. The molecule has 44 nitrogen and oxygen atoms in total. The van der Waals surface area contributed by atoms with Gasteiger partial charge in [-0.2, -0.15) is 49.0 Å². The fourth-order valence-electron chi connectivity index (χ4n) is 14.2. The minimum atomic E-state index is -2.17. The third-order valence-corrected chi connectivity index (χ3v) is 25.1. The number of phenolic OH excluding ortho intramolecular Hbond substituents is 1. The van der Waals surface area contributed by atoms with Gasteiger partial charge in [0, 0.05) is 97.7 Å². The Morgan fingerprint density at radius 3 is 1.35 bits per heavy atom. The Hall–Kier alpha value is -13.7. The molecule has 0 unspecified atom stereocenters. The molecule has 0 saturated heterocycles. The second-order valence-electron chi connectivity index (χ2n) is 33.4. The first-order valence-corrected chi connectivity index (χ1v) is 46.4. The minimum absolute atomic E-state index is 0.181. The van der Waals surface area contributed by atoms with Gasteiger partial charge < -0.3 is 90.4 Å². The van der Waals surface area contributed by atoms with Crippen LogP contribution in [0.3, 0.4) is 0 Å². The molecule has 4 bridgehead atoms. The van der Waals surface area contributed by atoms with E-state index in [0.717, 1.165) is 30.4 Å². The van der Waals surface area contributed by atoms with E-state index in [2.05, 4.69) is 58.5 Å². The van der Waals surface area contributed by atoms with Gasteiger partial charge in [0.1, 0.15) is 60.1 Å². The number of aromatic nitrogens is 3. The predicted molar refractivity (Wildman–Crippen MR) is 489 cm³/mol. The number of carbonyl (C=O) groups is 21. The van der Waals surface area contributed by atoms with Crippen molar-refractivity contribution in [3.63, 3.8) is 0 Å². The molecule has 0 saturated carbocycles. The van der Waals surface area contributed by atoms with E-state index in [-0.39, 0.29) is 42.9 Å². The molecule has 19 N–H and O–H groups in total. The van der Waals surface area contributed by atoms with Crippen LogP contribution in [-0.4, -0.2) is 259 Å². The van der Waals surface area contributed by atoms with E-state index in [1.807, 2.05) is 0 Å². The summed E-state index contributed by atoms with van der Waals surface area (Å²) in [5.41, 5.74) is 5.36. The number of nitrogens with two attached hydrogens (primary N) is 2. The van der Waals surface area contributed by atoms with Crippen LogP contribution in [0.15, 0.2) is 111 Å². The Morgan fingerprint density at radius 2 is 0.844 bits per heavy atom. The number of Topliss-reactive ketones (excluding diaryl/α,β-unsaturated/α-hetero) is 2. The summed E-state index contributed by atoms with van der Waals surface area (Å²) in [6, 6.07) is 4.27. The molecule has 0 aliphatic carbocycles. The number of amides is 13. The number of carbonyl (C=O) groups excluding carboxylic acids is 18. The number of hydrogen-bond acceptors (Lipinski definition) is 28. The topological polar surface area (TPSA) is 690 Å². The lowest BCUT2D eigenvalue weighted by Gasteiger charge is -2.32. The molecule has 0 radical (unpaired) electrons. The van der Waals surface area contributed by atoms with Crippen molar-refractivity contribution < 1.29 is 121 Å². The number of carboxylic acid groups (broad SMARTS) is 3. The summed E-state index contributed by atoms with van der Waals surface area (Å²) in [7, 11) is 0. The Labute approximate surface area is 784 Å². The molecule has 3 heterocycles. The number of ketones is 2. The lowest BCUT2D eigenvalue weighted by Crippen LogP contribution is -2.61. The number of nitrogens with one attached hydrogen (secondary N) is 11. The molecule has 1 aromatic heterocycles. The van der Waals surface area contributed by atoms with Crippen molar-refractivity contribution in [2.24, 2.45) is 34.6 Å². The maximum atomic E-state index is 15.1. The van der Waals surface area contributed by atoms with Crippen LogP contribution >= 0.6 is 35.3 Å².